The van der Waals surface area contributed by atoms with E-state index in [4.69, 9.17) is 9.15 Å². The van der Waals surface area contributed by atoms with E-state index < -0.39 is 18.5 Å². The second-order valence-electron chi connectivity index (χ2n) is 6.81. The third-order valence-electron chi connectivity index (χ3n) is 4.55. The van der Waals surface area contributed by atoms with E-state index in [1.807, 2.05) is 60.7 Å². The van der Waals surface area contributed by atoms with Crippen LogP contribution in [0.25, 0.3) is 16.7 Å². The number of furan rings is 1. The summed E-state index contributed by atoms with van der Waals surface area (Å²) < 4.78 is 10.9. The first kappa shape index (κ1) is 19.4. The molecule has 8 heteroatoms. The standard InChI is InChI=1S/C22H20N4O4/c1-14(19-12-16-8-6-7-11-18(16)30-19)23-20(27)13-29-22(28)21-15(2)24-26(25-21)17-9-4-3-5-10-17/h3-12,14H,13H2,1-2H3,(H,23,27)/t14-/m0/s1. The van der Waals surface area contributed by atoms with Crippen LogP contribution < -0.4 is 5.32 Å². The molecule has 8 nitrogen and oxygen atoms in total. The number of esters is 1. The number of amides is 1. The van der Waals surface area contributed by atoms with Crippen molar-refractivity contribution in [3.63, 3.8) is 0 Å². The number of fused-ring (bicyclic) bond motifs is 1. The van der Waals surface area contributed by atoms with Gasteiger partial charge in [0.05, 0.1) is 17.4 Å². The Kier molecular flexibility index (Phi) is 5.30. The van der Waals surface area contributed by atoms with E-state index >= 15 is 0 Å². The van der Waals surface area contributed by atoms with Gasteiger partial charge in [0, 0.05) is 5.39 Å². The first-order valence-corrected chi connectivity index (χ1v) is 9.45. The average Bonchev–Trinajstić information content (AvgIpc) is 3.36. The zero-order valence-electron chi connectivity index (χ0n) is 16.5. The molecule has 4 rings (SSSR count). The van der Waals surface area contributed by atoms with Crippen molar-refractivity contribution in [1.29, 1.82) is 0 Å². The molecule has 2 aromatic carbocycles. The van der Waals surface area contributed by atoms with Gasteiger partial charge in [0.25, 0.3) is 5.91 Å². The minimum atomic E-state index is -0.707. The van der Waals surface area contributed by atoms with Gasteiger partial charge in [0.15, 0.2) is 12.3 Å². The fraction of sp³-hybridized carbons (Fsp3) is 0.182. The van der Waals surface area contributed by atoms with Gasteiger partial charge in [-0.05, 0) is 38.1 Å². The summed E-state index contributed by atoms with van der Waals surface area (Å²) in [6, 6.07) is 18.3. The number of nitrogens with zero attached hydrogens (tertiary/aromatic N) is 3. The van der Waals surface area contributed by atoms with Crippen LogP contribution in [-0.4, -0.2) is 33.5 Å². The highest BCUT2D eigenvalue weighted by Gasteiger charge is 2.20. The number of aromatic nitrogens is 3. The highest BCUT2D eigenvalue weighted by atomic mass is 16.5. The van der Waals surface area contributed by atoms with Crippen LogP contribution in [0.2, 0.25) is 0 Å². The van der Waals surface area contributed by atoms with Gasteiger partial charge in [-0.1, -0.05) is 36.4 Å². The Morgan fingerprint density at radius 1 is 1.10 bits per heavy atom. The van der Waals surface area contributed by atoms with Gasteiger partial charge in [0.1, 0.15) is 11.3 Å². The van der Waals surface area contributed by atoms with E-state index in [0.717, 1.165) is 16.7 Å². The number of aryl methyl sites for hydroxylation is 1. The van der Waals surface area contributed by atoms with E-state index in [9.17, 15) is 9.59 Å². The lowest BCUT2D eigenvalue weighted by Crippen LogP contribution is -2.31. The molecular formula is C22H20N4O4. The van der Waals surface area contributed by atoms with Crippen molar-refractivity contribution in [1.82, 2.24) is 20.3 Å². The summed E-state index contributed by atoms with van der Waals surface area (Å²) in [6.07, 6.45) is 0. The number of hydrogen-bond acceptors (Lipinski definition) is 6. The molecule has 152 valence electrons. The Hall–Kier alpha value is -3.94. The number of nitrogens with one attached hydrogen (secondary N) is 1. The van der Waals surface area contributed by atoms with E-state index in [1.165, 1.54) is 4.80 Å². The monoisotopic (exact) mass is 404 g/mol. The summed E-state index contributed by atoms with van der Waals surface area (Å²) in [5.74, 6) is -0.525. The minimum Gasteiger partial charge on any atom is -0.459 e. The van der Waals surface area contributed by atoms with Crippen LogP contribution >= 0.6 is 0 Å². The lowest BCUT2D eigenvalue weighted by Gasteiger charge is -2.11. The van der Waals surface area contributed by atoms with Gasteiger partial charge in [-0.15, -0.1) is 5.10 Å². The van der Waals surface area contributed by atoms with Gasteiger partial charge in [0.2, 0.25) is 0 Å². The molecule has 1 amide bonds. The third kappa shape index (κ3) is 4.07. The molecule has 30 heavy (non-hydrogen) atoms. The highest BCUT2D eigenvalue weighted by molar-refractivity contribution is 5.90. The fourth-order valence-corrected chi connectivity index (χ4v) is 3.01. The molecule has 0 spiro atoms. The van der Waals surface area contributed by atoms with E-state index in [1.54, 1.807) is 13.8 Å². The van der Waals surface area contributed by atoms with Crippen LogP contribution in [0.3, 0.4) is 0 Å². The van der Waals surface area contributed by atoms with Crippen molar-refractivity contribution >= 4 is 22.8 Å². The van der Waals surface area contributed by atoms with Crippen molar-refractivity contribution < 1.29 is 18.7 Å². The molecule has 4 aromatic rings. The second kappa shape index (κ2) is 8.20. The number of rotatable bonds is 6. The van der Waals surface area contributed by atoms with Gasteiger partial charge in [-0.2, -0.15) is 9.90 Å². The van der Waals surface area contributed by atoms with Gasteiger partial charge >= 0.3 is 5.97 Å². The van der Waals surface area contributed by atoms with Crippen molar-refractivity contribution in [2.45, 2.75) is 19.9 Å². The van der Waals surface area contributed by atoms with Crippen LogP contribution in [0.15, 0.2) is 65.1 Å². The van der Waals surface area contributed by atoms with Gasteiger partial charge < -0.3 is 14.5 Å². The maximum Gasteiger partial charge on any atom is 0.361 e. The fourth-order valence-electron chi connectivity index (χ4n) is 3.01. The second-order valence-corrected chi connectivity index (χ2v) is 6.81. The molecule has 0 unspecified atom stereocenters. The molecule has 1 atom stereocenters. The Bertz CT molecular complexity index is 1160. The molecule has 0 aliphatic rings. The lowest BCUT2D eigenvalue weighted by atomic mass is 10.2. The summed E-state index contributed by atoms with van der Waals surface area (Å²) in [5, 5.41) is 12.1. The molecule has 0 radical (unpaired) electrons. The third-order valence-corrected chi connectivity index (χ3v) is 4.55. The van der Waals surface area contributed by atoms with Crippen molar-refractivity contribution in [2.75, 3.05) is 6.61 Å². The summed E-state index contributed by atoms with van der Waals surface area (Å²) >= 11 is 0. The quantitative estimate of drug-likeness (QED) is 0.495. The maximum atomic E-state index is 12.4. The van der Waals surface area contributed by atoms with Gasteiger partial charge in [-0.25, -0.2) is 4.79 Å². The van der Waals surface area contributed by atoms with Crippen LogP contribution in [-0.2, 0) is 9.53 Å². The summed E-state index contributed by atoms with van der Waals surface area (Å²) in [4.78, 5) is 25.9. The van der Waals surface area contributed by atoms with Gasteiger partial charge in [-0.3, -0.25) is 4.79 Å². The Morgan fingerprint density at radius 2 is 1.83 bits per heavy atom. The molecule has 0 fully saturated rings. The molecule has 2 aromatic heterocycles. The lowest BCUT2D eigenvalue weighted by molar-refractivity contribution is -0.125. The zero-order valence-corrected chi connectivity index (χ0v) is 16.5. The predicted octanol–water partition coefficient (Wildman–Crippen LogP) is 3.36. The van der Waals surface area contributed by atoms with Crippen LogP contribution in [0.5, 0.6) is 0 Å². The van der Waals surface area contributed by atoms with Crippen LogP contribution in [0.4, 0.5) is 0 Å². The number of carbonyl (C=O) groups is 2. The number of ether oxygens (including phenoxy) is 1. The normalized spacial score (nSPS) is 11.9. The number of benzene rings is 2. The smallest absolute Gasteiger partial charge is 0.361 e. The highest BCUT2D eigenvalue weighted by Crippen LogP contribution is 2.23. The van der Waals surface area contributed by atoms with E-state index in [2.05, 4.69) is 15.5 Å². The van der Waals surface area contributed by atoms with E-state index in [0.29, 0.717) is 11.5 Å². The number of carbonyl (C=O) groups excluding carboxylic acids is 2. The summed E-state index contributed by atoms with van der Waals surface area (Å²) in [7, 11) is 0. The first-order valence-electron chi connectivity index (χ1n) is 9.45. The number of hydrogen-bond donors (Lipinski definition) is 1. The topological polar surface area (TPSA) is 99.3 Å². The first-order chi connectivity index (χ1) is 14.5. The van der Waals surface area contributed by atoms with Crippen molar-refractivity contribution in [3.8, 4) is 5.69 Å². The Morgan fingerprint density at radius 3 is 2.60 bits per heavy atom. The van der Waals surface area contributed by atoms with Crippen LogP contribution in [0, 0.1) is 6.92 Å². The summed E-state index contributed by atoms with van der Waals surface area (Å²) in [6.45, 7) is 3.03. The summed E-state index contributed by atoms with van der Waals surface area (Å²) in [5.41, 5.74) is 1.95. The SMILES string of the molecule is Cc1nn(-c2ccccc2)nc1C(=O)OCC(=O)N[C@@H](C)c1cc2ccccc2o1. The molecule has 0 aliphatic carbocycles. The minimum absolute atomic E-state index is 0.0667. The molecule has 0 bridgehead atoms. The largest absolute Gasteiger partial charge is 0.459 e. The van der Waals surface area contributed by atoms with Crippen LogP contribution in [0.1, 0.15) is 34.9 Å². The van der Waals surface area contributed by atoms with Crippen molar-refractivity contribution in [2.24, 2.45) is 0 Å². The molecule has 1 N–H and O–H groups in total. The number of para-hydroxylation sites is 2. The molecular weight excluding hydrogens is 384 g/mol. The average molecular weight is 404 g/mol. The van der Waals surface area contributed by atoms with Crippen molar-refractivity contribution in [3.05, 3.63) is 77.8 Å². The molecule has 0 saturated carbocycles. The Balaban J connectivity index is 1.35. The van der Waals surface area contributed by atoms with E-state index in [-0.39, 0.29) is 11.7 Å². The molecule has 2 heterocycles. The molecule has 0 saturated heterocycles. The Labute approximate surface area is 172 Å². The maximum absolute atomic E-state index is 12.4. The zero-order chi connectivity index (χ0) is 21.1. The predicted molar refractivity (Wildman–Crippen MR) is 109 cm³/mol. The molecule has 0 aliphatic heterocycles.